The molecular weight excluding hydrogens is 299 g/mol. The van der Waals surface area contributed by atoms with Crippen molar-refractivity contribution in [3.05, 3.63) is 24.0 Å². The minimum absolute atomic E-state index is 0.0738. The Labute approximate surface area is 122 Å². The van der Waals surface area contributed by atoms with Crippen molar-refractivity contribution >= 4 is 21.4 Å². The zero-order valence-corrected chi connectivity index (χ0v) is 12.2. The summed E-state index contributed by atoms with van der Waals surface area (Å²) in [6.07, 6.45) is 1.29. The minimum Gasteiger partial charge on any atom is -0.398 e. The highest BCUT2D eigenvalue weighted by atomic mass is 32.2. The van der Waals surface area contributed by atoms with Crippen LogP contribution in [0.1, 0.15) is 12.8 Å². The van der Waals surface area contributed by atoms with E-state index in [0.29, 0.717) is 26.1 Å². The predicted molar refractivity (Wildman–Crippen MR) is 74.8 cm³/mol. The van der Waals surface area contributed by atoms with Gasteiger partial charge in [0.1, 0.15) is 11.6 Å². The highest BCUT2D eigenvalue weighted by Crippen LogP contribution is 2.20. The van der Waals surface area contributed by atoms with E-state index in [9.17, 15) is 17.6 Å². The van der Waals surface area contributed by atoms with E-state index in [-0.39, 0.29) is 16.6 Å². The van der Waals surface area contributed by atoms with E-state index >= 15 is 0 Å². The normalized spacial score (nSPS) is 16.6. The number of sulfone groups is 1. The van der Waals surface area contributed by atoms with Gasteiger partial charge in [-0.3, -0.25) is 4.79 Å². The van der Waals surface area contributed by atoms with Crippen molar-refractivity contribution < 1.29 is 22.3 Å². The highest BCUT2D eigenvalue weighted by Gasteiger charge is 2.24. The average Bonchev–Trinajstić information content (AvgIpc) is 2.41. The highest BCUT2D eigenvalue weighted by molar-refractivity contribution is 7.92. The number of hydrogen-bond donors (Lipinski definition) is 2. The number of anilines is 1. The molecule has 0 unspecified atom stereocenters. The Balaban J connectivity index is 2.06. The van der Waals surface area contributed by atoms with Gasteiger partial charge in [0.25, 0.3) is 0 Å². The lowest BCUT2D eigenvalue weighted by Gasteiger charge is -2.23. The van der Waals surface area contributed by atoms with Crippen LogP contribution < -0.4 is 11.1 Å². The molecule has 2 rings (SSSR count). The zero-order valence-electron chi connectivity index (χ0n) is 11.3. The Morgan fingerprint density at radius 3 is 2.71 bits per heavy atom. The maximum absolute atomic E-state index is 13.2. The average molecular weight is 316 g/mol. The number of amides is 1. The molecule has 21 heavy (non-hydrogen) atoms. The van der Waals surface area contributed by atoms with E-state index < -0.39 is 27.3 Å². The van der Waals surface area contributed by atoms with Crippen LogP contribution >= 0.6 is 0 Å². The molecule has 1 aliphatic heterocycles. The summed E-state index contributed by atoms with van der Waals surface area (Å²) < 4.78 is 42.6. The molecule has 1 aliphatic rings. The molecule has 1 fully saturated rings. The number of benzene rings is 1. The molecule has 1 amide bonds. The molecular formula is C13H17FN2O4S. The molecule has 1 aromatic rings. The van der Waals surface area contributed by atoms with Crippen LogP contribution in [-0.2, 0) is 19.4 Å². The fourth-order valence-electron chi connectivity index (χ4n) is 2.14. The van der Waals surface area contributed by atoms with Gasteiger partial charge in [0.05, 0.1) is 10.6 Å². The van der Waals surface area contributed by atoms with Crippen molar-refractivity contribution in [3.63, 3.8) is 0 Å². The summed E-state index contributed by atoms with van der Waals surface area (Å²) in [6, 6.07) is 2.97. The second-order valence-corrected chi connectivity index (χ2v) is 6.85. The second-order valence-electron chi connectivity index (χ2n) is 4.90. The van der Waals surface area contributed by atoms with Crippen LogP contribution in [0.2, 0.25) is 0 Å². The molecule has 116 valence electrons. The SMILES string of the molecule is Nc1ccc(F)cc1S(=O)(=O)CC(=O)NC1CCOCC1. The summed E-state index contributed by atoms with van der Waals surface area (Å²) in [5, 5.41) is 2.65. The lowest BCUT2D eigenvalue weighted by Crippen LogP contribution is -2.41. The first-order chi connectivity index (χ1) is 9.88. The number of nitrogens with two attached hydrogens (primary N) is 1. The predicted octanol–water partition coefficient (Wildman–Crippen LogP) is 0.477. The molecule has 8 heteroatoms. The number of ether oxygens (including phenoxy) is 1. The molecule has 1 aromatic carbocycles. The summed E-state index contributed by atoms with van der Waals surface area (Å²) in [4.78, 5) is 11.5. The Hall–Kier alpha value is -1.67. The van der Waals surface area contributed by atoms with E-state index in [1.165, 1.54) is 6.07 Å². The van der Waals surface area contributed by atoms with Gasteiger partial charge in [-0.2, -0.15) is 0 Å². The number of rotatable bonds is 4. The number of nitrogens with one attached hydrogen (secondary N) is 1. The molecule has 1 saturated heterocycles. The molecule has 3 N–H and O–H groups in total. The van der Waals surface area contributed by atoms with Gasteiger partial charge >= 0.3 is 0 Å². The van der Waals surface area contributed by atoms with Crippen molar-refractivity contribution in [3.8, 4) is 0 Å². The van der Waals surface area contributed by atoms with Gasteiger partial charge in [0.2, 0.25) is 5.91 Å². The van der Waals surface area contributed by atoms with E-state index in [1.54, 1.807) is 0 Å². The quantitative estimate of drug-likeness (QED) is 0.787. The van der Waals surface area contributed by atoms with Crippen molar-refractivity contribution in [1.29, 1.82) is 0 Å². The Bertz CT molecular complexity index is 627. The van der Waals surface area contributed by atoms with Gasteiger partial charge in [0.15, 0.2) is 9.84 Å². The summed E-state index contributed by atoms with van der Waals surface area (Å²) in [5.74, 6) is -2.09. The van der Waals surface area contributed by atoms with Crippen LogP contribution in [0.5, 0.6) is 0 Å². The maximum atomic E-state index is 13.2. The third kappa shape index (κ3) is 4.15. The van der Waals surface area contributed by atoms with Gasteiger partial charge in [-0.05, 0) is 31.0 Å². The standard InChI is InChI=1S/C13H17FN2O4S/c14-9-1-2-11(15)12(7-9)21(18,19)8-13(17)16-10-3-5-20-6-4-10/h1-2,7,10H,3-6,8,15H2,(H,16,17). The van der Waals surface area contributed by atoms with Gasteiger partial charge in [-0.1, -0.05) is 0 Å². The van der Waals surface area contributed by atoms with Gasteiger partial charge in [-0.15, -0.1) is 0 Å². The monoisotopic (exact) mass is 316 g/mol. The number of carbonyl (C=O) groups is 1. The molecule has 0 aromatic heterocycles. The van der Waals surface area contributed by atoms with Gasteiger partial charge < -0.3 is 15.8 Å². The van der Waals surface area contributed by atoms with E-state index in [0.717, 1.165) is 12.1 Å². The summed E-state index contributed by atoms with van der Waals surface area (Å²) in [7, 11) is -3.97. The summed E-state index contributed by atoms with van der Waals surface area (Å²) >= 11 is 0. The van der Waals surface area contributed by atoms with E-state index in [4.69, 9.17) is 10.5 Å². The summed E-state index contributed by atoms with van der Waals surface area (Å²) in [5.41, 5.74) is 5.47. The van der Waals surface area contributed by atoms with Crippen LogP contribution in [0.25, 0.3) is 0 Å². The number of carbonyl (C=O) groups excluding carboxylic acids is 1. The molecule has 0 radical (unpaired) electrons. The third-order valence-electron chi connectivity index (χ3n) is 3.22. The lowest BCUT2D eigenvalue weighted by atomic mass is 10.1. The zero-order chi connectivity index (χ0) is 15.5. The third-order valence-corrected chi connectivity index (χ3v) is 4.88. The first-order valence-electron chi connectivity index (χ1n) is 6.53. The fraction of sp³-hybridized carbons (Fsp3) is 0.462. The van der Waals surface area contributed by atoms with E-state index in [1.807, 2.05) is 0 Å². The molecule has 6 nitrogen and oxygen atoms in total. The Morgan fingerprint density at radius 1 is 1.38 bits per heavy atom. The van der Waals surface area contributed by atoms with Gasteiger partial charge in [-0.25, -0.2) is 12.8 Å². The molecule has 0 bridgehead atoms. The molecule has 0 saturated carbocycles. The second kappa shape index (κ2) is 6.40. The lowest BCUT2D eigenvalue weighted by molar-refractivity contribution is -0.119. The molecule has 0 spiro atoms. The van der Waals surface area contributed by atoms with Crippen LogP contribution in [-0.4, -0.2) is 39.3 Å². The minimum atomic E-state index is -3.97. The van der Waals surface area contributed by atoms with E-state index in [2.05, 4.69) is 5.32 Å². The van der Waals surface area contributed by atoms with Crippen molar-refractivity contribution in [2.24, 2.45) is 0 Å². The van der Waals surface area contributed by atoms with Crippen LogP contribution in [0.4, 0.5) is 10.1 Å². The van der Waals surface area contributed by atoms with Crippen LogP contribution in [0.3, 0.4) is 0 Å². The first-order valence-corrected chi connectivity index (χ1v) is 8.18. The number of halogens is 1. The molecule has 0 aliphatic carbocycles. The van der Waals surface area contributed by atoms with Crippen molar-refractivity contribution in [1.82, 2.24) is 5.32 Å². The largest absolute Gasteiger partial charge is 0.398 e. The number of nitrogen functional groups attached to an aromatic ring is 1. The first kappa shape index (κ1) is 15.7. The Kier molecular flexibility index (Phi) is 4.79. The topological polar surface area (TPSA) is 98.5 Å². The summed E-state index contributed by atoms with van der Waals surface area (Å²) in [6.45, 7) is 1.07. The van der Waals surface area contributed by atoms with Crippen LogP contribution in [0, 0.1) is 5.82 Å². The molecule has 1 heterocycles. The maximum Gasteiger partial charge on any atom is 0.235 e. The molecule has 0 atom stereocenters. The van der Waals surface area contributed by atoms with Crippen molar-refractivity contribution in [2.45, 2.75) is 23.8 Å². The smallest absolute Gasteiger partial charge is 0.235 e. The van der Waals surface area contributed by atoms with Gasteiger partial charge in [0, 0.05) is 19.3 Å². The Morgan fingerprint density at radius 2 is 2.05 bits per heavy atom. The fourth-order valence-corrected chi connectivity index (χ4v) is 3.44. The van der Waals surface area contributed by atoms with Crippen molar-refractivity contribution in [2.75, 3.05) is 24.7 Å². The van der Waals surface area contributed by atoms with Crippen LogP contribution in [0.15, 0.2) is 23.1 Å². The number of hydrogen-bond acceptors (Lipinski definition) is 5.